The van der Waals surface area contributed by atoms with Gasteiger partial charge in [-0.3, -0.25) is 0 Å². The Hall–Kier alpha value is -0.860. The van der Waals surface area contributed by atoms with Crippen molar-refractivity contribution in [1.82, 2.24) is 0 Å². The number of fused-ring (bicyclic) bond motifs is 1. The van der Waals surface area contributed by atoms with E-state index in [0.29, 0.717) is 5.92 Å². The average molecular weight is 289 g/mol. The number of ether oxygens (including phenoxy) is 1. The van der Waals surface area contributed by atoms with Crippen LogP contribution in [0.25, 0.3) is 0 Å². The summed E-state index contributed by atoms with van der Waals surface area (Å²) in [4.78, 5) is 0. The summed E-state index contributed by atoms with van der Waals surface area (Å²) in [5.74, 6) is 0.600. The highest BCUT2D eigenvalue weighted by atomic mass is 16.5. The van der Waals surface area contributed by atoms with Crippen LogP contribution in [-0.4, -0.2) is 18.2 Å². The molecule has 21 heavy (non-hydrogen) atoms. The van der Waals surface area contributed by atoms with E-state index in [9.17, 15) is 0 Å². The number of nitrogens with two attached hydrogens (primary N) is 1. The number of rotatable bonds is 7. The van der Waals surface area contributed by atoms with E-state index in [1.807, 2.05) is 0 Å². The molecule has 0 saturated heterocycles. The third-order valence-corrected chi connectivity index (χ3v) is 5.34. The fraction of sp³-hybridized carbons (Fsp3) is 0.684. The van der Waals surface area contributed by atoms with Crippen LogP contribution >= 0.6 is 0 Å². The van der Waals surface area contributed by atoms with Gasteiger partial charge in [0.1, 0.15) is 0 Å². The Bertz CT molecular complexity index is 439. The minimum Gasteiger partial charge on any atom is -0.374 e. The Labute approximate surface area is 130 Å². The molecule has 2 N–H and O–H groups in total. The van der Waals surface area contributed by atoms with Gasteiger partial charge in [0.25, 0.3) is 0 Å². The van der Waals surface area contributed by atoms with E-state index >= 15 is 0 Å². The summed E-state index contributed by atoms with van der Waals surface area (Å²) in [6, 6.07) is 9.01. The fourth-order valence-electron chi connectivity index (χ4n) is 3.99. The molecule has 1 aliphatic rings. The van der Waals surface area contributed by atoms with E-state index in [-0.39, 0.29) is 11.6 Å². The van der Waals surface area contributed by atoms with Crippen molar-refractivity contribution in [1.29, 1.82) is 0 Å². The SMILES string of the molecule is CCOC(CC)(CC)C(N)CC1CCCc2ccccc21. The lowest BCUT2D eigenvalue weighted by atomic mass is 9.75. The molecule has 0 spiro atoms. The molecule has 118 valence electrons. The van der Waals surface area contributed by atoms with Crippen LogP contribution in [0.4, 0.5) is 0 Å². The molecule has 1 aromatic rings. The van der Waals surface area contributed by atoms with Gasteiger partial charge in [-0.15, -0.1) is 0 Å². The van der Waals surface area contributed by atoms with Crippen LogP contribution < -0.4 is 5.73 Å². The molecular weight excluding hydrogens is 258 g/mol. The van der Waals surface area contributed by atoms with E-state index in [4.69, 9.17) is 10.5 Å². The molecule has 0 aromatic heterocycles. The summed E-state index contributed by atoms with van der Waals surface area (Å²) < 4.78 is 6.09. The molecule has 2 nitrogen and oxygen atoms in total. The fourth-order valence-corrected chi connectivity index (χ4v) is 3.99. The maximum atomic E-state index is 6.62. The molecule has 2 atom stereocenters. The van der Waals surface area contributed by atoms with Crippen LogP contribution in [-0.2, 0) is 11.2 Å². The predicted molar refractivity (Wildman–Crippen MR) is 89.7 cm³/mol. The maximum absolute atomic E-state index is 6.62. The minimum atomic E-state index is -0.152. The first kappa shape index (κ1) is 16.5. The van der Waals surface area contributed by atoms with Crippen molar-refractivity contribution in [2.75, 3.05) is 6.61 Å². The van der Waals surface area contributed by atoms with Crippen molar-refractivity contribution in [3.05, 3.63) is 35.4 Å². The second kappa shape index (κ2) is 7.42. The van der Waals surface area contributed by atoms with Gasteiger partial charge in [0.05, 0.1) is 5.60 Å². The van der Waals surface area contributed by atoms with Crippen LogP contribution in [0.2, 0.25) is 0 Å². The van der Waals surface area contributed by atoms with Crippen LogP contribution in [0.3, 0.4) is 0 Å². The van der Waals surface area contributed by atoms with Crippen LogP contribution in [0.15, 0.2) is 24.3 Å². The van der Waals surface area contributed by atoms with Crippen LogP contribution in [0.5, 0.6) is 0 Å². The van der Waals surface area contributed by atoms with Gasteiger partial charge in [-0.2, -0.15) is 0 Å². The van der Waals surface area contributed by atoms with Gasteiger partial charge in [0.15, 0.2) is 0 Å². The van der Waals surface area contributed by atoms with Gasteiger partial charge >= 0.3 is 0 Å². The lowest BCUT2D eigenvalue weighted by Gasteiger charge is -2.39. The van der Waals surface area contributed by atoms with Crippen molar-refractivity contribution in [3.8, 4) is 0 Å². The molecule has 2 unspecified atom stereocenters. The molecule has 1 aromatic carbocycles. The highest BCUT2D eigenvalue weighted by Gasteiger charge is 2.36. The summed E-state index contributed by atoms with van der Waals surface area (Å²) >= 11 is 0. The molecule has 0 fully saturated rings. The number of hydrogen-bond donors (Lipinski definition) is 1. The van der Waals surface area contributed by atoms with Gasteiger partial charge in [-0.05, 0) is 62.5 Å². The van der Waals surface area contributed by atoms with Crippen LogP contribution in [0, 0.1) is 0 Å². The van der Waals surface area contributed by atoms with Crippen LogP contribution in [0.1, 0.15) is 69.9 Å². The highest BCUT2D eigenvalue weighted by Crippen LogP contribution is 2.37. The Morgan fingerprint density at radius 2 is 1.95 bits per heavy atom. The van der Waals surface area contributed by atoms with Crippen molar-refractivity contribution < 1.29 is 4.74 Å². The van der Waals surface area contributed by atoms with E-state index in [1.165, 1.54) is 30.4 Å². The quantitative estimate of drug-likeness (QED) is 0.806. The molecular formula is C19H31NO. The Morgan fingerprint density at radius 3 is 2.62 bits per heavy atom. The smallest absolute Gasteiger partial charge is 0.0827 e. The zero-order valence-corrected chi connectivity index (χ0v) is 13.9. The molecule has 1 aliphatic carbocycles. The standard InChI is InChI=1S/C19H31NO/c1-4-19(5-2,21-6-3)18(20)14-16-12-9-11-15-10-7-8-13-17(15)16/h7-8,10,13,16,18H,4-6,9,11-12,14,20H2,1-3H3. The van der Waals surface area contributed by atoms with E-state index < -0.39 is 0 Å². The topological polar surface area (TPSA) is 35.2 Å². The summed E-state index contributed by atoms with van der Waals surface area (Å²) in [6.45, 7) is 7.22. The Kier molecular flexibility index (Phi) is 5.83. The highest BCUT2D eigenvalue weighted by molar-refractivity contribution is 5.32. The third-order valence-electron chi connectivity index (χ3n) is 5.34. The minimum absolute atomic E-state index is 0.114. The number of hydrogen-bond acceptors (Lipinski definition) is 2. The molecule has 0 saturated carbocycles. The first-order chi connectivity index (χ1) is 10.2. The van der Waals surface area contributed by atoms with Crippen molar-refractivity contribution in [2.24, 2.45) is 5.73 Å². The van der Waals surface area contributed by atoms with E-state index in [1.54, 1.807) is 0 Å². The summed E-state index contributed by atoms with van der Waals surface area (Å²) in [6.07, 6.45) is 6.80. The van der Waals surface area contributed by atoms with Gasteiger partial charge < -0.3 is 10.5 Å². The first-order valence-electron chi connectivity index (χ1n) is 8.64. The van der Waals surface area contributed by atoms with Gasteiger partial charge in [0, 0.05) is 12.6 Å². The summed E-state index contributed by atoms with van der Waals surface area (Å²) in [7, 11) is 0. The molecule has 0 aliphatic heterocycles. The summed E-state index contributed by atoms with van der Waals surface area (Å²) in [5, 5.41) is 0. The van der Waals surface area contributed by atoms with Gasteiger partial charge in [-0.25, -0.2) is 0 Å². The van der Waals surface area contributed by atoms with Crippen molar-refractivity contribution in [3.63, 3.8) is 0 Å². The largest absolute Gasteiger partial charge is 0.374 e. The third kappa shape index (κ3) is 3.49. The first-order valence-corrected chi connectivity index (χ1v) is 8.64. The number of aryl methyl sites for hydroxylation is 1. The maximum Gasteiger partial charge on any atom is 0.0827 e. The normalized spacial score (nSPS) is 20.1. The second-order valence-electron chi connectivity index (χ2n) is 6.34. The summed E-state index contributed by atoms with van der Waals surface area (Å²) in [5.41, 5.74) is 9.52. The average Bonchev–Trinajstić information content (AvgIpc) is 2.53. The Balaban J connectivity index is 2.14. The van der Waals surface area contributed by atoms with Gasteiger partial charge in [-0.1, -0.05) is 38.1 Å². The zero-order chi connectivity index (χ0) is 15.3. The lowest BCUT2D eigenvalue weighted by Crippen LogP contribution is -2.50. The van der Waals surface area contributed by atoms with Gasteiger partial charge in [0.2, 0.25) is 0 Å². The second-order valence-corrected chi connectivity index (χ2v) is 6.34. The van der Waals surface area contributed by atoms with E-state index in [2.05, 4.69) is 45.0 Å². The molecule has 2 rings (SSSR count). The molecule has 0 radical (unpaired) electrons. The molecule has 0 heterocycles. The molecule has 2 heteroatoms. The Morgan fingerprint density at radius 1 is 1.24 bits per heavy atom. The monoisotopic (exact) mass is 289 g/mol. The lowest BCUT2D eigenvalue weighted by molar-refractivity contribution is -0.0665. The predicted octanol–water partition coefficient (Wildman–Crippen LogP) is 4.42. The molecule has 0 amide bonds. The van der Waals surface area contributed by atoms with E-state index in [0.717, 1.165) is 25.9 Å². The zero-order valence-electron chi connectivity index (χ0n) is 13.9. The molecule has 0 bridgehead atoms. The van der Waals surface area contributed by atoms with Crippen molar-refractivity contribution >= 4 is 0 Å². The van der Waals surface area contributed by atoms with Crippen molar-refractivity contribution in [2.45, 2.75) is 76.9 Å². The number of benzene rings is 1.